The first-order chi connectivity index (χ1) is 20.5. The Hall–Kier alpha value is -3.40. The quantitative estimate of drug-likeness (QED) is 0.169. The highest BCUT2D eigenvalue weighted by molar-refractivity contribution is 7.70. The highest BCUT2D eigenvalue weighted by Gasteiger charge is 2.48. The second-order valence-electron chi connectivity index (χ2n) is 11.1. The predicted molar refractivity (Wildman–Crippen MR) is 161 cm³/mol. The van der Waals surface area contributed by atoms with Crippen molar-refractivity contribution in [2.45, 2.75) is 37.3 Å². The summed E-state index contributed by atoms with van der Waals surface area (Å²) in [5.74, 6) is 3.39. The van der Waals surface area contributed by atoms with E-state index in [0.29, 0.717) is 28.7 Å². The van der Waals surface area contributed by atoms with E-state index >= 15 is 0 Å². The number of anilines is 3. The van der Waals surface area contributed by atoms with E-state index in [1.165, 1.54) is 25.5 Å². The zero-order valence-electron chi connectivity index (χ0n) is 23.9. The van der Waals surface area contributed by atoms with E-state index < -0.39 is 49.7 Å². The molecule has 7 nitrogen and oxygen atoms in total. The number of piperidine rings is 1. The van der Waals surface area contributed by atoms with Crippen molar-refractivity contribution in [2.24, 2.45) is 0 Å². The summed E-state index contributed by atoms with van der Waals surface area (Å²) in [6.07, 6.45) is -10.5. The third-order valence-electron chi connectivity index (χ3n) is 7.30. The molecule has 0 aliphatic carbocycles. The minimum absolute atomic E-state index is 0.0112. The highest BCUT2D eigenvalue weighted by atomic mass is 32.1. The number of thiophene rings is 1. The summed E-state index contributed by atoms with van der Waals surface area (Å²) in [5.41, 5.74) is 0.380. The van der Waals surface area contributed by atoms with Crippen LogP contribution in [0.3, 0.4) is 0 Å². The third kappa shape index (κ3) is 6.80. The van der Waals surface area contributed by atoms with Crippen LogP contribution in [-0.4, -0.2) is 75.3 Å². The van der Waals surface area contributed by atoms with Gasteiger partial charge in [-0.15, -0.1) is 11.3 Å². The van der Waals surface area contributed by atoms with Crippen LogP contribution in [0, 0.1) is 11.8 Å². The first kappa shape index (κ1) is 32.0. The number of amides is 1. The number of nitrogens with zero attached hydrogens (tertiary/aromatic N) is 1. The van der Waals surface area contributed by atoms with Gasteiger partial charge >= 0.3 is 18.2 Å². The van der Waals surface area contributed by atoms with E-state index in [-0.39, 0.29) is 40.2 Å². The standard InChI is InChI=1S/C29H29F6N4O3PS/c1-39-13-11-19(18(30)15-39)37-21-7-4-6-16-17(14-28(31,32)33)23(44-26(16)21)8-5-12-36-20-9-10-22(43(2,3)41)24-25(20)42-29(34,35)27(40)38-24/h4,6-7,9-10,18-19,36-37H,11-15H2,1-3H3,(H,38,40)/t18-,19+/m1/s1. The van der Waals surface area contributed by atoms with Crippen LogP contribution in [0.4, 0.5) is 43.4 Å². The first-order valence-electron chi connectivity index (χ1n) is 13.6. The largest absolute Gasteiger partial charge is 0.482 e. The summed E-state index contributed by atoms with van der Waals surface area (Å²) in [5, 5.41) is 8.55. The first-order valence-corrected chi connectivity index (χ1v) is 17.0. The Morgan fingerprint density at radius 2 is 1.95 bits per heavy atom. The number of likely N-dealkylation sites (tertiary alicyclic amines) is 1. The maximum Gasteiger partial charge on any atom is 0.482 e. The Labute approximate surface area is 253 Å². The monoisotopic (exact) mass is 658 g/mol. The smallest absolute Gasteiger partial charge is 0.421 e. The lowest BCUT2D eigenvalue weighted by atomic mass is 10.0. The molecule has 1 amide bonds. The van der Waals surface area contributed by atoms with Crippen molar-refractivity contribution in [2.75, 3.05) is 56.0 Å². The fourth-order valence-electron chi connectivity index (χ4n) is 5.19. The fourth-order valence-corrected chi connectivity index (χ4v) is 7.49. The molecule has 2 aliphatic heterocycles. The Kier molecular flexibility index (Phi) is 8.61. The number of carbonyl (C=O) groups is 1. The van der Waals surface area contributed by atoms with Crippen molar-refractivity contribution in [3.8, 4) is 17.6 Å². The number of fused-ring (bicyclic) bond motifs is 2. The molecular formula is C29H29F6N4O3PS. The number of ether oxygens (including phenoxy) is 1. The zero-order chi connectivity index (χ0) is 32.0. The summed E-state index contributed by atoms with van der Waals surface area (Å²) >= 11 is 1.06. The van der Waals surface area contributed by atoms with Gasteiger partial charge in [0.1, 0.15) is 13.3 Å². The molecule has 2 aromatic carbocycles. The minimum Gasteiger partial charge on any atom is -0.421 e. The molecule has 1 saturated heterocycles. The van der Waals surface area contributed by atoms with Crippen LogP contribution in [0.5, 0.6) is 5.75 Å². The van der Waals surface area contributed by atoms with Gasteiger partial charge in [0.15, 0.2) is 5.75 Å². The molecule has 0 bridgehead atoms. The molecule has 0 radical (unpaired) electrons. The molecule has 3 aromatic rings. The average Bonchev–Trinajstić information content (AvgIpc) is 3.24. The second-order valence-corrected chi connectivity index (χ2v) is 15.3. The SMILES string of the molecule is CN1CC[C@H](Nc2cccc3c(CC(F)(F)F)c(C#CCNc4ccc(P(C)(C)=O)c5c4OC(F)(F)C(=O)N5)sc23)[C@H](F)C1. The number of nitrogens with one attached hydrogen (secondary N) is 3. The summed E-state index contributed by atoms with van der Waals surface area (Å²) in [6, 6.07) is 7.17. The summed E-state index contributed by atoms with van der Waals surface area (Å²) in [6.45, 7) is 3.56. The lowest BCUT2D eigenvalue weighted by molar-refractivity contribution is -0.189. The summed E-state index contributed by atoms with van der Waals surface area (Å²) in [7, 11) is -1.19. The van der Waals surface area contributed by atoms with Gasteiger partial charge < -0.3 is 30.2 Å². The normalized spacial score (nSPS) is 20.2. The molecule has 2 aliphatic rings. The van der Waals surface area contributed by atoms with Crippen molar-refractivity contribution in [1.82, 2.24) is 4.90 Å². The highest BCUT2D eigenvalue weighted by Crippen LogP contribution is 2.47. The Morgan fingerprint density at radius 3 is 2.64 bits per heavy atom. The zero-order valence-corrected chi connectivity index (χ0v) is 25.6. The molecule has 0 spiro atoms. The molecule has 1 aromatic heterocycles. The van der Waals surface area contributed by atoms with E-state index in [2.05, 4.69) is 32.5 Å². The molecule has 44 heavy (non-hydrogen) atoms. The van der Waals surface area contributed by atoms with Gasteiger partial charge in [0.2, 0.25) is 0 Å². The molecule has 15 heteroatoms. The number of benzene rings is 2. The molecule has 1 fully saturated rings. The third-order valence-corrected chi connectivity index (χ3v) is 10.0. The minimum atomic E-state index is -4.52. The summed E-state index contributed by atoms with van der Waals surface area (Å²) in [4.78, 5) is 13.9. The van der Waals surface area contributed by atoms with Gasteiger partial charge in [-0.3, -0.25) is 4.79 Å². The van der Waals surface area contributed by atoms with Crippen LogP contribution >= 0.6 is 18.5 Å². The molecule has 0 unspecified atom stereocenters. The average molecular weight is 659 g/mol. The van der Waals surface area contributed by atoms with Gasteiger partial charge in [0.25, 0.3) is 0 Å². The Bertz CT molecular complexity index is 1710. The van der Waals surface area contributed by atoms with Gasteiger partial charge in [-0.25, -0.2) is 4.39 Å². The molecular weight excluding hydrogens is 629 g/mol. The molecule has 0 saturated carbocycles. The Balaban J connectivity index is 1.44. The number of rotatable bonds is 6. The van der Waals surface area contributed by atoms with Crippen molar-refractivity contribution < 1.29 is 40.4 Å². The van der Waals surface area contributed by atoms with E-state index in [0.717, 1.165) is 11.3 Å². The van der Waals surface area contributed by atoms with Crippen LogP contribution < -0.4 is 26.0 Å². The molecule has 2 atom stereocenters. The van der Waals surface area contributed by atoms with Gasteiger partial charge in [0.05, 0.1) is 45.6 Å². The van der Waals surface area contributed by atoms with Gasteiger partial charge in [-0.1, -0.05) is 24.0 Å². The van der Waals surface area contributed by atoms with Crippen LogP contribution in [-0.2, 0) is 15.8 Å². The fraction of sp³-hybridized carbons (Fsp3) is 0.414. The van der Waals surface area contributed by atoms with E-state index in [4.69, 9.17) is 0 Å². The lowest BCUT2D eigenvalue weighted by Crippen LogP contribution is -2.46. The van der Waals surface area contributed by atoms with E-state index in [9.17, 15) is 35.7 Å². The molecule has 3 N–H and O–H groups in total. The van der Waals surface area contributed by atoms with Crippen molar-refractivity contribution in [3.63, 3.8) is 0 Å². The van der Waals surface area contributed by atoms with Gasteiger partial charge in [0, 0.05) is 18.4 Å². The van der Waals surface area contributed by atoms with Crippen LogP contribution in [0.25, 0.3) is 10.1 Å². The number of alkyl halides is 6. The number of halogens is 6. The predicted octanol–water partition coefficient (Wildman–Crippen LogP) is 6.10. The Morgan fingerprint density at radius 1 is 1.20 bits per heavy atom. The topological polar surface area (TPSA) is 82.7 Å². The molecule has 5 rings (SSSR count). The maximum atomic E-state index is 14.7. The van der Waals surface area contributed by atoms with E-state index in [1.807, 2.05) is 11.9 Å². The number of hydrogen-bond donors (Lipinski definition) is 3. The number of hydrogen-bond acceptors (Lipinski definition) is 7. The maximum absolute atomic E-state index is 14.7. The number of carbonyl (C=O) groups excluding carboxylic acids is 1. The van der Waals surface area contributed by atoms with Crippen molar-refractivity contribution in [3.05, 3.63) is 40.8 Å². The second kappa shape index (κ2) is 11.8. The van der Waals surface area contributed by atoms with Crippen LogP contribution in [0.15, 0.2) is 30.3 Å². The van der Waals surface area contributed by atoms with Gasteiger partial charge in [-0.05, 0) is 55.9 Å². The van der Waals surface area contributed by atoms with Crippen LogP contribution in [0.1, 0.15) is 16.9 Å². The van der Waals surface area contributed by atoms with Crippen molar-refractivity contribution in [1.29, 1.82) is 0 Å². The van der Waals surface area contributed by atoms with Crippen molar-refractivity contribution >= 4 is 56.8 Å². The van der Waals surface area contributed by atoms with E-state index in [1.54, 1.807) is 18.2 Å². The van der Waals surface area contributed by atoms with Gasteiger partial charge in [-0.2, -0.15) is 22.0 Å². The molecule has 236 valence electrons. The van der Waals surface area contributed by atoms with Crippen LogP contribution in [0.2, 0.25) is 0 Å². The summed E-state index contributed by atoms with van der Waals surface area (Å²) < 4.78 is 102. The molecule has 3 heterocycles. The lowest BCUT2D eigenvalue weighted by Gasteiger charge is -2.33.